The summed E-state index contributed by atoms with van der Waals surface area (Å²) in [4.78, 5) is 4.95. The van der Waals surface area contributed by atoms with Gasteiger partial charge in [0, 0.05) is 14.1 Å². The molecule has 0 bridgehead atoms. The van der Waals surface area contributed by atoms with Crippen molar-refractivity contribution in [3.63, 3.8) is 0 Å². The van der Waals surface area contributed by atoms with Crippen LogP contribution in [0.5, 0.6) is 0 Å². The van der Waals surface area contributed by atoms with E-state index in [4.69, 9.17) is 19.2 Å². The predicted molar refractivity (Wildman–Crippen MR) is 199 cm³/mol. The molecule has 10 nitrogen and oxygen atoms in total. The van der Waals surface area contributed by atoms with Gasteiger partial charge in [-0.05, 0) is 28.7 Å². The van der Waals surface area contributed by atoms with E-state index in [9.17, 15) is 18.6 Å². The van der Waals surface area contributed by atoms with Crippen molar-refractivity contribution in [2.24, 2.45) is 0 Å². The molecule has 272 valence electrons. The maximum absolute atomic E-state index is 13.9. The van der Waals surface area contributed by atoms with Crippen LogP contribution >= 0.6 is 0 Å². The molecule has 0 spiro atoms. The molecule has 3 aromatic carbocycles. The number of rotatable bonds is 17. The molecular weight excluding hydrogens is 671 g/mol. The van der Waals surface area contributed by atoms with Gasteiger partial charge in [-0.3, -0.25) is 0 Å². The van der Waals surface area contributed by atoms with Gasteiger partial charge in [0.25, 0.3) is 0 Å². The zero-order valence-electron chi connectivity index (χ0n) is 30.5. The highest BCUT2D eigenvalue weighted by Gasteiger charge is 2.46. The van der Waals surface area contributed by atoms with E-state index in [0.29, 0.717) is 5.45 Å². The van der Waals surface area contributed by atoms with E-state index in [1.54, 1.807) is 6.92 Å². The first-order valence-electron chi connectivity index (χ1n) is 16.9. The molecule has 4 atom stereocenters. The molecule has 4 rings (SSSR count). The summed E-state index contributed by atoms with van der Waals surface area (Å²) in [7, 11) is -3.68. The molecule has 4 aromatic rings. The van der Waals surface area contributed by atoms with Crippen LogP contribution < -0.4 is 5.45 Å². The maximum atomic E-state index is 13.9. The van der Waals surface area contributed by atoms with Gasteiger partial charge in [0.2, 0.25) is 0 Å². The molecule has 0 amide bonds. The van der Waals surface area contributed by atoms with Crippen molar-refractivity contribution in [3.8, 4) is 0 Å². The second kappa shape index (κ2) is 16.9. The number of nitrogens with zero attached hydrogens (tertiary/aromatic N) is 3. The zero-order valence-corrected chi connectivity index (χ0v) is 32.3. The average molecular weight is 724 g/mol. The lowest BCUT2D eigenvalue weighted by Crippen LogP contribution is -2.56. The van der Waals surface area contributed by atoms with E-state index in [-0.39, 0.29) is 42.9 Å². The Hall–Kier alpha value is -3.20. The first kappa shape index (κ1) is 39.6. The summed E-state index contributed by atoms with van der Waals surface area (Å²) in [6.45, 7) is 12.4. The highest BCUT2D eigenvalue weighted by Crippen LogP contribution is 2.37. The lowest BCUT2D eigenvalue weighted by Gasteiger charge is -2.36. The Kier molecular flexibility index (Phi) is 13.4. The van der Waals surface area contributed by atoms with E-state index in [2.05, 4.69) is 33.9 Å². The third-order valence-corrected chi connectivity index (χ3v) is 16.7. The lowest BCUT2D eigenvalue weighted by molar-refractivity contribution is -0.178. The summed E-state index contributed by atoms with van der Waals surface area (Å²) >= 11 is 0. The van der Waals surface area contributed by atoms with Crippen molar-refractivity contribution >= 4 is 23.7 Å². The number of hydrogen-bond acceptors (Lipinski definition) is 8. The van der Waals surface area contributed by atoms with Crippen molar-refractivity contribution in [2.45, 2.75) is 90.1 Å². The molecule has 1 aromatic heterocycles. The van der Waals surface area contributed by atoms with Crippen LogP contribution in [-0.4, -0.2) is 79.0 Å². The molecule has 0 aliphatic carbocycles. The minimum Gasteiger partial charge on any atom is -0.388 e. The largest absolute Gasteiger partial charge is 0.388 e. The van der Waals surface area contributed by atoms with Crippen LogP contribution in [0.4, 0.5) is 0 Å². The fourth-order valence-electron chi connectivity index (χ4n) is 5.40. The summed E-state index contributed by atoms with van der Waals surface area (Å²) < 4.78 is 49.0. The second-order valence-electron chi connectivity index (χ2n) is 14.4. The average Bonchev–Trinajstić information content (AvgIpc) is 3.45. The normalized spacial score (nSPS) is 15.2. The molecule has 0 aliphatic rings. The van der Waals surface area contributed by atoms with Gasteiger partial charge in [0.15, 0.2) is 0 Å². The Morgan fingerprint density at radius 2 is 1.22 bits per heavy atom. The summed E-state index contributed by atoms with van der Waals surface area (Å²) in [5.74, 6) is 0. The van der Waals surface area contributed by atoms with Crippen LogP contribution in [0.2, 0.25) is 18.1 Å². The summed E-state index contributed by atoms with van der Waals surface area (Å²) in [6, 6.07) is 28.7. The number of ether oxygens (including phenoxy) is 3. The summed E-state index contributed by atoms with van der Waals surface area (Å²) in [5.41, 5.74) is 3.50. The third kappa shape index (κ3) is 9.36. The lowest BCUT2D eigenvalue weighted by atomic mass is 9.99. The molecule has 0 aliphatic heterocycles. The van der Waals surface area contributed by atoms with E-state index in [0.717, 1.165) is 21.0 Å². The second-order valence-corrected chi connectivity index (χ2v) is 21.6. The molecule has 0 unspecified atom stereocenters. The molecule has 0 saturated carbocycles. The Labute approximate surface area is 298 Å². The van der Waals surface area contributed by atoms with Crippen molar-refractivity contribution in [2.75, 3.05) is 20.7 Å². The Balaban J connectivity index is 1.80. The molecular formula is C38H53N3O7SSi. The van der Waals surface area contributed by atoms with Gasteiger partial charge in [-0.25, -0.2) is 8.96 Å². The minimum absolute atomic E-state index is 0.0935. The van der Waals surface area contributed by atoms with Gasteiger partial charge in [0.1, 0.15) is 37.9 Å². The Bertz CT molecular complexity index is 1750. The maximum Gasteiger partial charge on any atom is 0.308 e. The van der Waals surface area contributed by atoms with Crippen molar-refractivity contribution in [3.05, 3.63) is 119 Å². The molecule has 0 fully saturated rings. The van der Waals surface area contributed by atoms with Gasteiger partial charge < -0.3 is 24.4 Å². The zero-order chi connectivity index (χ0) is 36.7. The Morgan fingerprint density at radius 1 is 0.780 bits per heavy atom. The minimum atomic E-state index is -4.03. The van der Waals surface area contributed by atoms with E-state index >= 15 is 0 Å². The summed E-state index contributed by atoms with van der Waals surface area (Å²) in [5, 5.41) is 23.8. The fourth-order valence-corrected chi connectivity index (χ4v) is 9.21. The van der Waals surface area contributed by atoms with Crippen LogP contribution in [0.25, 0.3) is 0 Å². The van der Waals surface area contributed by atoms with Crippen molar-refractivity contribution in [1.29, 1.82) is 0 Å². The van der Waals surface area contributed by atoms with Crippen LogP contribution in [0.3, 0.4) is 0 Å². The third-order valence-electron chi connectivity index (χ3n) is 9.49. The van der Waals surface area contributed by atoms with Gasteiger partial charge in [0.05, 0.1) is 37.8 Å². The molecule has 50 heavy (non-hydrogen) atoms. The standard InChI is InChI=1S/C38H53N3O7SSi/c1-28-33(39-37(50(7,8)38(2,3)4)41(28)49(44,45)40(5)6)34(43)36(48-26-31-22-16-11-17-23-31)35(47-25-30-20-14-10-15-21-30)32(42)27-46-24-29-18-12-9-13-19-29/h9-23,32,34-36,42-43H,24-27H2,1-8H3/t32-,34-,35-,36+/m1/s1. The molecule has 2 N–H and O–H groups in total. The summed E-state index contributed by atoms with van der Waals surface area (Å²) in [6.07, 6.45) is -4.99. The van der Waals surface area contributed by atoms with Crippen LogP contribution in [0.15, 0.2) is 91.0 Å². The van der Waals surface area contributed by atoms with Gasteiger partial charge in [-0.1, -0.05) is 125 Å². The molecule has 1 heterocycles. The quantitative estimate of drug-likeness (QED) is 0.140. The van der Waals surface area contributed by atoms with Crippen LogP contribution in [0, 0.1) is 6.92 Å². The van der Waals surface area contributed by atoms with E-state index in [1.165, 1.54) is 18.1 Å². The van der Waals surface area contributed by atoms with Gasteiger partial charge in [-0.15, -0.1) is 0 Å². The van der Waals surface area contributed by atoms with Crippen LogP contribution in [-0.2, 0) is 44.2 Å². The van der Waals surface area contributed by atoms with Crippen molar-refractivity contribution in [1.82, 2.24) is 13.3 Å². The molecule has 0 radical (unpaired) electrons. The van der Waals surface area contributed by atoms with E-state index < -0.39 is 42.7 Å². The number of hydrogen-bond donors (Lipinski definition) is 2. The molecule has 12 heteroatoms. The molecule has 0 saturated heterocycles. The topological polar surface area (TPSA) is 123 Å². The number of aliphatic hydroxyl groups is 2. The number of imidazole rings is 1. The van der Waals surface area contributed by atoms with Gasteiger partial charge in [-0.2, -0.15) is 12.7 Å². The first-order chi connectivity index (χ1) is 23.6. The highest BCUT2D eigenvalue weighted by molar-refractivity contribution is 7.87. The first-order valence-corrected chi connectivity index (χ1v) is 21.3. The number of aromatic nitrogens is 2. The number of aliphatic hydroxyl groups excluding tert-OH is 2. The fraction of sp³-hybridized carbons (Fsp3) is 0.447. The highest BCUT2D eigenvalue weighted by atomic mass is 32.2. The van der Waals surface area contributed by atoms with Gasteiger partial charge >= 0.3 is 10.2 Å². The van der Waals surface area contributed by atoms with Crippen LogP contribution in [0.1, 0.15) is 55.0 Å². The van der Waals surface area contributed by atoms with E-state index in [1.807, 2.05) is 91.0 Å². The van der Waals surface area contributed by atoms with Crippen molar-refractivity contribution < 1.29 is 32.8 Å². The number of benzene rings is 3. The smallest absolute Gasteiger partial charge is 0.308 e. The predicted octanol–water partition coefficient (Wildman–Crippen LogP) is 5.34. The Morgan fingerprint density at radius 3 is 1.66 bits per heavy atom. The monoisotopic (exact) mass is 723 g/mol. The SMILES string of the molecule is Cc1c([C@@H](O)[C@H](OCc2ccccc2)[C@H](OCc2ccccc2)[C@H](O)COCc2ccccc2)nc([Si](C)(C)C(C)(C)C)n1S(=O)(=O)N(C)C.